The summed E-state index contributed by atoms with van der Waals surface area (Å²) in [6.07, 6.45) is 2.89. The van der Waals surface area contributed by atoms with Crippen LogP contribution in [-0.4, -0.2) is 26.0 Å². The highest BCUT2D eigenvalue weighted by Gasteiger charge is 2.16. The molecule has 0 unspecified atom stereocenters. The lowest BCUT2D eigenvalue weighted by Gasteiger charge is -2.03. The third kappa shape index (κ3) is 3.68. The largest absolute Gasteiger partial charge is 0.478 e. The van der Waals surface area contributed by atoms with Gasteiger partial charge in [0.2, 0.25) is 0 Å². The highest BCUT2D eigenvalue weighted by Crippen LogP contribution is 2.33. The van der Waals surface area contributed by atoms with Crippen molar-refractivity contribution < 1.29 is 9.90 Å². The Labute approximate surface area is 165 Å². The zero-order chi connectivity index (χ0) is 18.7. The third-order valence-corrected chi connectivity index (χ3v) is 6.85. The van der Waals surface area contributed by atoms with E-state index in [2.05, 4.69) is 15.0 Å². The molecule has 0 aliphatic heterocycles. The molecule has 11 heteroatoms. The van der Waals surface area contributed by atoms with Crippen LogP contribution in [0.15, 0.2) is 39.3 Å². The van der Waals surface area contributed by atoms with Crippen molar-refractivity contribution in [2.24, 2.45) is 10.3 Å². The average Bonchev–Trinajstić information content (AvgIpc) is 3.28. The van der Waals surface area contributed by atoms with E-state index < -0.39 is 5.97 Å². The quantitative estimate of drug-likeness (QED) is 0.331. The molecule has 0 radical (unpaired) electrons. The van der Waals surface area contributed by atoms with E-state index in [0.717, 1.165) is 54.9 Å². The number of thiophene rings is 2. The molecule has 0 saturated carbocycles. The summed E-state index contributed by atoms with van der Waals surface area (Å²) in [6, 6.07) is 1.96. The predicted octanol–water partition coefficient (Wildman–Crippen LogP) is 3.93. The molecule has 0 aliphatic rings. The predicted molar refractivity (Wildman–Crippen MR) is 109 cm³/mol. The van der Waals surface area contributed by atoms with Gasteiger partial charge in [0.25, 0.3) is 0 Å². The van der Waals surface area contributed by atoms with Crippen LogP contribution < -0.4 is 10.3 Å². The fourth-order valence-corrected chi connectivity index (χ4v) is 5.23. The lowest BCUT2D eigenvalue weighted by molar-refractivity contribution is 0.0693. The number of nitrogens with two attached hydrogens (primary N) is 2. The fourth-order valence-electron chi connectivity index (χ4n) is 2.19. The van der Waals surface area contributed by atoms with Gasteiger partial charge >= 0.3 is 5.97 Å². The summed E-state index contributed by atoms with van der Waals surface area (Å²) in [4.78, 5) is 23.8. The Bertz CT molecular complexity index is 1080. The van der Waals surface area contributed by atoms with Gasteiger partial charge in [0.1, 0.15) is 11.4 Å². The number of carboxylic acid groups (broad SMARTS) is 1. The highest BCUT2D eigenvalue weighted by molar-refractivity contribution is 7.97. The van der Waals surface area contributed by atoms with E-state index in [9.17, 15) is 4.79 Å². The minimum absolute atomic E-state index is 0.164. The van der Waals surface area contributed by atoms with Crippen LogP contribution in [0.1, 0.15) is 15.9 Å². The van der Waals surface area contributed by atoms with Crippen molar-refractivity contribution in [3.8, 4) is 0 Å². The first kappa shape index (κ1) is 19.0. The number of hydrogen-bond acceptors (Lipinski definition) is 10. The summed E-state index contributed by atoms with van der Waals surface area (Å²) in [7, 11) is 0. The van der Waals surface area contributed by atoms with Crippen LogP contribution in [-0.2, 0) is 0 Å². The smallest absolute Gasteiger partial charge is 0.338 e. The molecule has 4 heterocycles. The second kappa shape index (κ2) is 8.29. The van der Waals surface area contributed by atoms with Gasteiger partial charge in [0, 0.05) is 6.20 Å². The first-order valence-electron chi connectivity index (χ1n) is 7.08. The maximum atomic E-state index is 10.9. The molecule has 4 aromatic heterocycles. The van der Waals surface area contributed by atoms with E-state index in [4.69, 9.17) is 15.4 Å². The molecule has 0 aromatic carbocycles. The van der Waals surface area contributed by atoms with Crippen LogP contribution in [0.5, 0.6) is 0 Å². The zero-order valence-electron chi connectivity index (χ0n) is 13.4. The fraction of sp³-hybridized carbons (Fsp3) is 0.0667. The Hall–Kier alpha value is -1.76. The third-order valence-electron chi connectivity index (χ3n) is 3.39. The van der Waals surface area contributed by atoms with Gasteiger partial charge in [-0.25, -0.2) is 14.8 Å². The van der Waals surface area contributed by atoms with Gasteiger partial charge in [-0.05, 0) is 53.2 Å². The van der Waals surface area contributed by atoms with Crippen molar-refractivity contribution in [2.45, 2.75) is 16.8 Å². The summed E-state index contributed by atoms with van der Waals surface area (Å²) in [6.45, 7) is 1.94. The molecule has 0 aliphatic carbocycles. The molecule has 134 valence electrons. The molecule has 5 N–H and O–H groups in total. The summed E-state index contributed by atoms with van der Waals surface area (Å²) >= 11 is 5.20. The number of pyridine rings is 1. The summed E-state index contributed by atoms with van der Waals surface area (Å²) in [5, 5.41) is 24.6. The standard InChI is InChI=1S/C9H8N2O2S2.C6H5N3S2/c1-4-3-14-8-6(4)11-2-5(9(12)13)7(8)15-10;7-11-6-5-4(1-2-10-5)8-3-9-6/h2-3H,10H2,1H3,(H,12,13);1-3H,7H2. The highest BCUT2D eigenvalue weighted by atomic mass is 32.2. The summed E-state index contributed by atoms with van der Waals surface area (Å²) in [5.41, 5.74) is 3.01. The van der Waals surface area contributed by atoms with Crippen LogP contribution in [0.2, 0.25) is 0 Å². The van der Waals surface area contributed by atoms with E-state index >= 15 is 0 Å². The van der Waals surface area contributed by atoms with E-state index in [1.54, 1.807) is 11.3 Å². The van der Waals surface area contributed by atoms with Gasteiger partial charge in [-0.3, -0.25) is 15.3 Å². The molecular weight excluding hydrogens is 410 g/mol. The molecule has 4 aromatic rings. The second-order valence-corrected chi connectivity index (χ2v) is 8.01. The molecule has 4 rings (SSSR count). The molecule has 7 nitrogen and oxygen atoms in total. The van der Waals surface area contributed by atoms with Crippen LogP contribution in [0.4, 0.5) is 0 Å². The van der Waals surface area contributed by atoms with Gasteiger partial charge in [-0.2, -0.15) is 0 Å². The first-order valence-corrected chi connectivity index (χ1v) is 10.6. The normalized spacial score (nSPS) is 10.7. The lowest BCUT2D eigenvalue weighted by atomic mass is 10.2. The van der Waals surface area contributed by atoms with E-state index in [1.807, 2.05) is 23.8 Å². The molecule has 0 fully saturated rings. The topological polar surface area (TPSA) is 128 Å². The number of carbonyl (C=O) groups is 1. The Balaban J connectivity index is 0.000000158. The number of nitrogens with zero attached hydrogens (tertiary/aromatic N) is 3. The van der Waals surface area contributed by atoms with Gasteiger partial charge in [0.15, 0.2) is 0 Å². The molecule has 0 amide bonds. The van der Waals surface area contributed by atoms with Crippen LogP contribution in [0.25, 0.3) is 20.4 Å². The van der Waals surface area contributed by atoms with Crippen LogP contribution >= 0.6 is 46.6 Å². The minimum atomic E-state index is -0.997. The molecule has 0 spiro atoms. The average molecular weight is 424 g/mol. The number of aromatic nitrogens is 3. The van der Waals surface area contributed by atoms with E-state index in [-0.39, 0.29) is 5.56 Å². The molecule has 26 heavy (non-hydrogen) atoms. The Kier molecular flexibility index (Phi) is 6.06. The van der Waals surface area contributed by atoms with Crippen LogP contribution in [0, 0.1) is 6.92 Å². The van der Waals surface area contributed by atoms with E-state index in [0.29, 0.717) is 4.90 Å². The van der Waals surface area contributed by atoms with Crippen molar-refractivity contribution in [3.63, 3.8) is 0 Å². The Morgan fingerprint density at radius 2 is 1.96 bits per heavy atom. The number of hydrogen-bond donors (Lipinski definition) is 3. The van der Waals surface area contributed by atoms with Gasteiger partial charge in [-0.1, -0.05) is 0 Å². The number of rotatable bonds is 3. The van der Waals surface area contributed by atoms with Crippen molar-refractivity contribution in [1.82, 2.24) is 15.0 Å². The van der Waals surface area contributed by atoms with Crippen LogP contribution in [0.3, 0.4) is 0 Å². The van der Waals surface area contributed by atoms with Gasteiger partial charge in [-0.15, -0.1) is 22.7 Å². The number of fused-ring (bicyclic) bond motifs is 2. The summed E-state index contributed by atoms with van der Waals surface area (Å²) < 4.78 is 1.92. The lowest BCUT2D eigenvalue weighted by Crippen LogP contribution is -2.01. The van der Waals surface area contributed by atoms with Gasteiger partial charge < -0.3 is 5.11 Å². The SMILES string of the molecule is Cc1csc2c(SN)c(C(=O)O)cnc12.NSc1ncnc2ccsc12. The van der Waals surface area contributed by atoms with Crippen molar-refractivity contribution in [3.05, 3.63) is 40.5 Å². The van der Waals surface area contributed by atoms with E-state index in [1.165, 1.54) is 23.9 Å². The number of carboxylic acids is 1. The minimum Gasteiger partial charge on any atom is -0.478 e. The Morgan fingerprint density at radius 3 is 2.65 bits per heavy atom. The maximum absolute atomic E-state index is 10.9. The second-order valence-electron chi connectivity index (χ2n) is 4.95. The molecule has 0 atom stereocenters. The van der Waals surface area contributed by atoms with Crippen molar-refractivity contribution in [2.75, 3.05) is 0 Å². The molecular formula is C15H13N5O2S4. The van der Waals surface area contributed by atoms with Crippen molar-refractivity contribution in [1.29, 1.82) is 0 Å². The maximum Gasteiger partial charge on any atom is 0.338 e. The molecule has 0 bridgehead atoms. The number of aromatic carboxylic acids is 1. The number of aryl methyl sites for hydroxylation is 1. The zero-order valence-corrected chi connectivity index (χ0v) is 16.6. The summed E-state index contributed by atoms with van der Waals surface area (Å²) in [5.74, 6) is -0.997. The molecule has 0 saturated heterocycles. The Morgan fingerprint density at radius 1 is 1.15 bits per heavy atom. The van der Waals surface area contributed by atoms with Gasteiger partial charge in [0.05, 0.1) is 30.9 Å². The van der Waals surface area contributed by atoms with Crippen molar-refractivity contribution >= 4 is 73.0 Å². The monoisotopic (exact) mass is 423 g/mol. The first-order chi connectivity index (χ1) is 12.6.